The zero-order valence-corrected chi connectivity index (χ0v) is 12.0. The molecule has 0 radical (unpaired) electrons. The Kier molecular flexibility index (Phi) is 3.34. The van der Waals surface area contributed by atoms with E-state index in [2.05, 4.69) is 31.8 Å². The van der Waals surface area contributed by atoms with E-state index >= 15 is 0 Å². The van der Waals surface area contributed by atoms with E-state index in [0.717, 1.165) is 43.3 Å². The highest BCUT2D eigenvalue weighted by Crippen LogP contribution is 2.34. The molecule has 20 heavy (non-hydrogen) atoms. The van der Waals surface area contributed by atoms with Crippen molar-refractivity contribution >= 4 is 5.82 Å². The van der Waals surface area contributed by atoms with Crippen LogP contribution in [-0.4, -0.2) is 33.0 Å². The van der Waals surface area contributed by atoms with Crippen molar-refractivity contribution in [1.82, 2.24) is 19.9 Å². The second-order valence-electron chi connectivity index (χ2n) is 5.60. The van der Waals surface area contributed by atoms with Crippen molar-refractivity contribution in [3.05, 3.63) is 42.4 Å². The van der Waals surface area contributed by atoms with E-state index in [-0.39, 0.29) is 5.41 Å². The topological polar surface area (TPSA) is 54.8 Å². The Morgan fingerprint density at radius 2 is 1.90 bits per heavy atom. The number of aromatic nitrogens is 4. The van der Waals surface area contributed by atoms with Gasteiger partial charge in [0, 0.05) is 37.1 Å². The van der Waals surface area contributed by atoms with Gasteiger partial charge in [0.1, 0.15) is 11.6 Å². The Morgan fingerprint density at radius 1 is 1.10 bits per heavy atom. The summed E-state index contributed by atoms with van der Waals surface area (Å²) in [5, 5.41) is 0. The van der Waals surface area contributed by atoms with Gasteiger partial charge in [-0.25, -0.2) is 15.0 Å². The molecule has 5 nitrogen and oxygen atoms in total. The monoisotopic (exact) mass is 269 g/mol. The number of aryl methyl sites for hydroxylation is 1. The van der Waals surface area contributed by atoms with Crippen molar-refractivity contribution in [3.8, 4) is 0 Å². The fraction of sp³-hybridized carbons (Fsp3) is 0.467. The van der Waals surface area contributed by atoms with Crippen molar-refractivity contribution in [2.45, 2.75) is 32.1 Å². The van der Waals surface area contributed by atoms with Crippen LogP contribution in [-0.2, 0) is 5.41 Å². The van der Waals surface area contributed by atoms with Gasteiger partial charge in [0.15, 0.2) is 0 Å². The maximum atomic E-state index is 4.61. The van der Waals surface area contributed by atoms with Crippen LogP contribution >= 0.6 is 0 Å². The number of nitrogens with zero attached hydrogens (tertiary/aromatic N) is 5. The maximum absolute atomic E-state index is 4.61. The Balaban J connectivity index is 1.75. The highest BCUT2D eigenvalue weighted by Gasteiger charge is 2.33. The Labute approximate surface area is 119 Å². The Morgan fingerprint density at radius 3 is 2.55 bits per heavy atom. The van der Waals surface area contributed by atoms with E-state index in [1.807, 2.05) is 25.4 Å². The predicted molar refractivity (Wildman–Crippen MR) is 77.6 cm³/mol. The number of anilines is 1. The lowest BCUT2D eigenvalue weighted by molar-refractivity contribution is 0.351. The molecule has 0 bridgehead atoms. The molecule has 3 heterocycles. The van der Waals surface area contributed by atoms with Crippen LogP contribution in [0, 0.1) is 6.92 Å². The largest absolute Gasteiger partial charge is 0.355 e. The molecule has 2 aromatic rings. The van der Waals surface area contributed by atoms with Crippen LogP contribution in [0.5, 0.6) is 0 Å². The van der Waals surface area contributed by atoms with E-state index in [9.17, 15) is 0 Å². The van der Waals surface area contributed by atoms with Gasteiger partial charge in [-0.15, -0.1) is 0 Å². The molecule has 1 aliphatic heterocycles. The summed E-state index contributed by atoms with van der Waals surface area (Å²) in [6.45, 7) is 6.21. The first-order valence-corrected chi connectivity index (χ1v) is 6.98. The number of hydrogen-bond acceptors (Lipinski definition) is 5. The first-order valence-electron chi connectivity index (χ1n) is 6.98. The molecule has 0 spiro atoms. The van der Waals surface area contributed by atoms with Gasteiger partial charge in [-0.3, -0.25) is 4.98 Å². The van der Waals surface area contributed by atoms with Crippen LogP contribution in [0.25, 0.3) is 0 Å². The van der Waals surface area contributed by atoms with E-state index in [4.69, 9.17) is 0 Å². The molecule has 1 saturated heterocycles. The van der Waals surface area contributed by atoms with Crippen LogP contribution in [0.1, 0.15) is 31.3 Å². The molecule has 0 amide bonds. The minimum atomic E-state index is 0.131. The van der Waals surface area contributed by atoms with E-state index in [1.54, 1.807) is 12.4 Å². The summed E-state index contributed by atoms with van der Waals surface area (Å²) < 4.78 is 0. The van der Waals surface area contributed by atoms with Gasteiger partial charge in [-0.1, -0.05) is 6.92 Å². The van der Waals surface area contributed by atoms with Crippen molar-refractivity contribution < 1.29 is 0 Å². The predicted octanol–water partition coefficient (Wildman–Crippen LogP) is 2.13. The van der Waals surface area contributed by atoms with Crippen LogP contribution in [0.15, 0.2) is 30.9 Å². The van der Waals surface area contributed by atoms with Crippen molar-refractivity contribution in [1.29, 1.82) is 0 Å². The van der Waals surface area contributed by atoms with Crippen LogP contribution in [0.3, 0.4) is 0 Å². The van der Waals surface area contributed by atoms with Gasteiger partial charge >= 0.3 is 0 Å². The van der Waals surface area contributed by atoms with Gasteiger partial charge in [0.25, 0.3) is 0 Å². The summed E-state index contributed by atoms with van der Waals surface area (Å²) in [6.07, 6.45) is 9.29. The van der Waals surface area contributed by atoms with Gasteiger partial charge in [0.2, 0.25) is 0 Å². The zero-order chi connectivity index (χ0) is 14.0. The standard InChI is InChI=1S/C15H19N5/c1-12-17-6-3-13(19-12)15(2)4-9-20(10-5-15)14-11-16-7-8-18-14/h3,6-8,11H,4-5,9-10H2,1-2H3. The lowest BCUT2D eigenvalue weighted by atomic mass is 9.77. The first-order chi connectivity index (χ1) is 9.67. The molecule has 0 atom stereocenters. The van der Waals surface area contributed by atoms with Crippen LogP contribution in [0.4, 0.5) is 5.82 Å². The summed E-state index contributed by atoms with van der Waals surface area (Å²) in [7, 11) is 0. The third-order valence-corrected chi connectivity index (χ3v) is 4.13. The SMILES string of the molecule is Cc1nccc(C2(C)CCN(c3cnccn3)CC2)n1. The van der Waals surface area contributed by atoms with Crippen molar-refractivity contribution in [3.63, 3.8) is 0 Å². The van der Waals surface area contributed by atoms with Crippen LogP contribution in [0.2, 0.25) is 0 Å². The Hall–Kier alpha value is -2.04. The summed E-state index contributed by atoms with van der Waals surface area (Å²) in [4.78, 5) is 19.6. The molecular weight excluding hydrogens is 250 g/mol. The van der Waals surface area contributed by atoms with Gasteiger partial charge in [-0.05, 0) is 25.8 Å². The number of hydrogen-bond donors (Lipinski definition) is 0. The highest BCUT2D eigenvalue weighted by molar-refractivity contribution is 5.36. The third kappa shape index (κ3) is 2.48. The maximum Gasteiger partial charge on any atom is 0.147 e. The van der Waals surface area contributed by atoms with E-state index in [0.29, 0.717) is 0 Å². The van der Waals surface area contributed by atoms with Gasteiger partial charge in [0.05, 0.1) is 11.9 Å². The van der Waals surface area contributed by atoms with Crippen molar-refractivity contribution in [2.24, 2.45) is 0 Å². The quantitative estimate of drug-likeness (QED) is 0.836. The van der Waals surface area contributed by atoms with E-state index in [1.165, 1.54) is 0 Å². The first kappa shape index (κ1) is 13.0. The fourth-order valence-corrected chi connectivity index (χ4v) is 2.73. The lowest BCUT2D eigenvalue weighted by Gasteiger charge is -2.39. The molecule has 1 aliphatic rings. The molecule has 0 aromatic carbocycles. The summed E-state index contributed by atoms with van der Waals surface area (Å²) in [5.74, 6) is 1.81. The summed E-state index contributed by atoms with van der Waals surface area (Å²) in [6, 6.07) is 2.05. The normalized spacial score (nSPS) is 18.0. The molecule has 0 N–H and O–H groups in total. The van der Waals surface area contributed by atoms with Crippen LogP contribution < -0.4 is 4.90 Å². The third-order valence-electron chi connectivity index (χ3n) is 4.13. The minimum absolute atomic E-state index is 0.131. The fourth-order valence-electron chi connectivity index (χ4n) is 2.73. The highest BCUT2D eigenvalue weighted by atomic mass is 15.2. The Bertz CT molecular complexity index is 576. The molecule has 0 aliphatic carbocycles. The molecule has 0 unspecified atom stereocenters. The molecular formula is C15H19N5. The summed E-state index contributed by atoms with van der Waals surface area (Å²) in [5.41, 5.74) is 1.29. The number of piperidine rings is 1. The van der Waals surface area contributed by atoms with Gasteiger partial charge in [-0.2, -0.15) is 0 Å². The molecule has 5 heteroatoms. The molecule has 1 fully saturated rings. The smallest absolute Gasteiger partial charge is 0.147 e. The van der Waals surface area contributed by atoms with E-state index < -0.39 is 0 Å². The molecule has 0 saturated carbocycles. The molecule has 104 valence electrons. The second-order valence-corrected chi connectivity index (χ2v) is 5.60. The minimum Gasteiger partial charge on any atom is -0.355 e. The summed E-state index contributed by atoms with van der Waals surface area (Å²) >= 11 is 0. The van der Waals surface area contributed by atoms with Gasteiger partial charge < -0.3 is 4.90 Å². The average molecular weight is 269 g/mol. The number of rotatable bonds is 2. The van der Waals surface area contributed by atoms with Crippen molar-refractivity contribution in [2.75, 3.05) is 18.0 Å². The second kappa shape index (κ2) is 5.15. The molecule has 2 aromatic heterocycles. The average Bonchev–Trinajstić information content (AvgIpc) is 2.49. The zero-order valence-electron chi connectivity index (χ0n) is 12.0. The lowest BCUT2D eigenvalue weighted by Crippen LogP contribution is -2.42. The molecule has 3 rings (SSSR count).